The molecule has 0 bridgehead atoms. The zero-order valence-electron chi connectivity index (χ0n) is 16.9. The van der Waals surface area contributed by atoms with Gasteiger partial charge < -0.3 is 10.2 Å². The van der Waals surface area contributed by atoms with Crippen LogP contribution < -0.4 is 0 Å². The van der Waals surface area contributed by atoms with E-state index in [0.717, 1.165) is 29.6 Å². The Morgan fingerprint density at radius 2 is 1.34 bits per heavy atom. The van der Waals surface area contributed by atoms with Gasteiger partial charge in [-0.3, -0.25) is 9.59 Å². The van der Waals surface area contributed by atoms with Crippen LogP contribution >= 0.6 is 23.5 Å². The highest BCUT2D eigenvalue weighted by atomic mass is 32.2. The lowest BCUT2D eigenvalue weighted by molar-refractivity contribution is -0.158. The van der Waals surface area contributed by atoms with E-state index in [-0.39, 0.29) is 45.0 Å². The standard InChI is InChI=1S/C20H25FN2O4S2/c1-5-10(6-2)22-18(26)14(19(27)23(22)11(7-3)8-4)20-28-16-13(24)9-12(21)15(25)17(16)29-20/h9-11,24-25H,5-8H2,1-4H3. The molecule has 0 aliphatic carbocycles. The fourth-order valence-electron chi connectivity index (χ4n) is 3.73. The lowest BCUT2D eigenvalue weighted by Gasteiger charge is -2.38. The van der Waals surface area contributed by atoms with Gasteiger partial charge in [0.25, 0.3) is 11.8 Å². The van der Waals surface area contributed by atoms with Gasteiger partial charge in [0.1, 0.15) is 11.3 Å². The Morgan fingerprint density at radius 1 is 0.897 bits per heavy atom. The van der Waals surface area contributed by atoms with Gasteiger partial charge in [-0.15, -0.1) is 0 Å². The van der Waals surface area contributed by atoms with Crippen molar-refractivity contribution in [1.29, 1.82) is 0 Å². The summed E-state index contributed by atoms with van der Waals surface area (Å²) >= 11 is 1.97. The van der Waals surface area contributed by atoms with Gasteiger partial charge in [-0.25, -0.2) is 14.4 Å². The van der Waals surface area contributed by atoms with Crippen LogP contribution in [0.1, 0.15) is 53.4 Å². The van der Waals surface area contributed by atoms with Crippen molar-refractivity contribution in [3.05, 3.63) is 21.7 Å². The van der Waals surface area contributed by atoms with Crippen LogP contribution in [0.3, 0.4) is 0 Å². The van der Waals surface area contributed by atoms with Crippen molar-refractivity contribution in [2.75, 3.05) is 0 Å². The first-order valence-electron chi connectivity index (χ1n) is 9.81. The van der Waals surface area contributed by atoms with Crippen LogP contribution in [0.4, 0.5) is 4.39 Å². The van der Waals surface area contributed by atoms with E-state index in [1.54, 1.807) is 10.0 Å². The third kappa shape index (κ3) is 3.48. The number of hydrogen-bond donors (Lipinski definition) is 2. The van der Waals surface area contributed by atoms with Crippen molar-refractivity contribution in [2.45, 2.75) is 75.3 Å². The van der Waals surface area contributed by atoms with Gasteiger partial charge in [0.05, 0.1) is 26.1 Å². The summed E-state index contributed by atoms with van der Waals surface area (Å²) in [5, 5.41) is 23.2. The maximum absolute atomic E-state index is 13.8. The summed E-state index contributed by atoms with van der Waals surface area (Å²) in [7, 11) is 0. The average Bonchev–Trinajstić information content (AvgIpc) is 3.23. The summed E-state index contributed by atoms with van der Waals surface area (Å²) in [6.45, 7) is 7.93. The Bertz CT molecular complexity index is 850. The number of phenols is 2. The first-order chi connectivity index (χ1) is 13.8. The van der Waals surface area contributed by atoms with Crippen LogP contribution in [0.5, 0.6) is 11.5 Å². The maximum atomic E-state index is 13.8. The number of thioether (sulfide) groups is 2. The Morgan fingerprint density at radius 3 is 1.79 bits per heavy atom. The van der Waals surface area contributed by atoms with E-state index in [1.807, 2.05) is 27.7 Å². The summed E-state index contributed by atoms with van der Waals surface area (Å²) in [5.74, 6) is -2.61. The number of rotatable bonds is 6. The second kappa shape index (κ2) is 8.47. The van der Waals surface area contributed by atoms with E-state index in [0.29, 0.717) is 29.9 Å². The molecule has 1 saturated heterocycles. The Labute approximate surface area is 178 Å². The summed E-state index contributed by atoms with van der Waals surface area (Å²) in [5.41, 5.74) is 0.0224. The average molecular weight is 441 g/mol. The van der Waals surface area contributed by atoms with Gasteiger partial charge >= 0.3 is 0 Å². The lowest BCUT2D eigenvalue weighted by atomic mass is 10.1. The van der Waals surface area contributed by atoms with Crippen molar-refractivity contribution in [1.82, 2.24) is 10.0 Å². The highest BCUT2D eigenvalue weighted by Crippen LogP contribution is 2.59. The van der Waals surface area contributed by atoms with Crippen molar-refractivity contribution in [3.8, 4) is 11.5 Å². The molecule has 29 heavy (non-hydrogen) atoms. The molecule has 2 amide bonds. The molecule has 0 unspecified atom stereocenters. The van der Waals surface area contributed by atoms with Crippen molar-refractivity contribution >= 4 is 35.3 Å². The van der Waals surface area contributed by atoms with Gasteiger partial charge in [-0.1, -0.05) is 51.2 Å². The van der Waals surface area contributed by atoms with Crippen LogP contribution in [0.25, 0.3) is 0 Å². The van der Waals surface area contributed by atoms with Crippen LogP contribution in [0, 0.1) is 5.82 Å². The van der Waals surface area contributed by atoms with E-state index in [2.05, 4.69) is 0 Å². The van der Waals surface area contributed by atoms with Crippen LogP contribution in [-0.2, 0) is 9.59 Å². The number of phenolic OH excluding ortho intramolecular Hbond substituents is 2. The predicted octanol–water partition coefficient (Wildman–Crippen LogP) is 4.61. The number of amides is 2. The fourth-order valence-corrected chi connectivity index (χ4v) is 6.32. The molecule has 0 spiro atoms. The quantitative estimate of drug-likeness (QED) is 0.382. The van der Waals surface area contributed by atoms with E-state index < -0.39 is 11.6 Å². The minimum absolute atomic E-state index is 0.0224. The highest BCUT2D eigenvalue weighted by Gasteiger charge is 2.48. The molecule has 1 aromatic carbocycles. The molecule has 2 N–H and O–H groups in total. The van der Waals surface area contributed by atoms with Crippen LogP contribution in [-0.4, -0.2) is 44.1 Å². The largest absolute Gasteiger partial charge is 0.507 e. The number of halogens is 1. The lowest BCUT2D eigenvalue weighted by Crippen LogP contribution is -2.51. The van der Waals surface area contributed by atoms with Gasteiger partial charge in [0, 0.05) is 6.07 Å². The molecule has 0 radical (unpaired) electrons. The number of carbonyl (C=O) groups is 2. The first-order valence-corrected chi connectivity index (χ1v) is 11.4. The van der Waals surface area contributed by atoms with Gasteiger partial charge in [0.2, 0.25) is 0 Å². The molecular weight excluding hydrogens is 415 g/mol. The number of fused-ring (bicyclic) bond motifs is 1. The van der Waals surface area contributed by atoms with E-state index in [9.17, 15) is 24.2 Å². The monoisotopic (exact) mass is 440 g/mol. The Kier molecular flexibility index (Phi) is 6.38. The number of hydrogen-bond acceptors (Lipinski definition) is 6. The summed E-state index contributed by atoms with van der Waals surface area (Å²) in [6.07, 6.45) is 2.84. The number of nitrogens with zero attached hydrogens (tertiary/aromatic N) is 2. The number of hydrazine groups is 1. The number of benzene rings is 1. The summed E-state index contributed by atoms with van der Waals surface area (Å²) in [4.78, 5) is 27.1. The van der Waals surface area contributed by atoms with Gasteiger partial charge in [-0.05, 0) is 25.7 Å². The topological polar surface area (TPSA) is 81.1 Å². The molecule has 0 atom stereocenters. The number of carbonyl (C=O) groups excluding carboxylic acids is 2. The second-order valence-corrected chi connectivity index (χ2v) is 9.29. The molecule has 2 aliphatic heterocycles. The van der Waals surface area contributed by atoms with Gasteiger partial charge in [0.15, 0.2) is 11.6 Å². The molecule has 9 heteroatoms. The van der Waals surface area contributed by atoms with Crippen molar-refractivity contribution in [3.63, 3.8) is 0 Å². The molecule has 3 rings (SSSR count). The third-order valence-corrected chi connectivity index (χ3v) is 8.02. The molecular formula is C20H25FN2O4S2. The van der Waals surface area contributed by atoms with Crippen LogP contribution in [0.15, 0.2) is 25.7 Å². The van der Waals surface area contributed by atoms with Crippen LogP contribution in [0.2, 0.25) is 0 Å². The third-order valence-electron chi connectivity index (χ3n) is 5.39. The fraction of sp³-hybridized carbons (Fsp3) is 0.500. The Balaban J connectivity index is 2.10. The molecule has 1 fully saturated rings. The SMILES string of the molecule is CCC(CC)N1C(=O)C(=C2Sc3c(O)cc(F)c(O)c3S2)C(=O)N1C(CC)CC. The van der Waals surface area contributed by atoms with Crippen molar-refractivity contribution < 1.29 is 24.2 Å². The van der Waals surface area contributed by atoms with Gasteiger partial charge in [-0.2, -0.15) is 0 Å². The highest BCUT2D eigenvalue weighted by molar-refractivity contribution is 8.25. The molecule has 2 aliphatic rings. The minimum atomic E-state index is -0.943. The Hall–Kier alpha value is -1.87. The first kappa shape index (κ1) is 21.8. The smallest absolute Gasteiger partial charge is 0.280 e. The molecule has 0 saturated carbocycles. The normalized spacial score (nSPS) is 16.8. The molecule has 158 valence electrons. The van der Waals surface area contributed by atoms with E-state index >= 15 is 0 Å². The summed E-state index contributed by atoms with van der Waals surface area (Å²) in [6, 6.07) is 0.618. The zero-order valence-corrected chi connectivity index (χ0v) is 18.5. The zero-order chi connectivity index (χ0) is 21.5. The second-order valence-electron chi connectivity index (χ2n) is 6.99. The molecule has 1 aromatic rings. The van der Waals surface area contributed by atoms with E-state index in [4.69, 9.17) is 0 Å². The molecule has 2 heterocycles. The summed E-state index contributed by atoms with van der Waals surface area (Å²) < 4.78 is 14.2. The number of aromatic hydroxyl groups is 2. The van der Waals surface area contributed by atoms with E-state index in [1.165, 1.54) is 0 Å². The minimum Gasteiger partial charge on any atom is -0.507 e. The predicted molar refractivity (Wildman–Crippen MR) is 111 cm³/mol. The maximum Gasteiger partial charge on any atom is 0.280 e. The van der Waals surface area contributed by atoms with Crippen molar-refractivity contribution in [2.24, 2.45) is 0 Å². The molecule has 0 aromatic heterocycles. The molecule has 6 nitrogen and oxygen atoms in total.